The molecule has 1 aliphatic heterocycles. The smallest absolute Gasteiger partial charge is 0.285 e. The van der Waals surface area contributed by atoms with Crippen molar-refractivity contribution in [2.24, 2.45) is 0 Å². The number of Topliss-reactive ketones (excluding diaryl/α,β-unsaturated/α-hetero) is 1. The fourth-order valence-electron chi connectivity index (χ4n) is 0.363. The number of aliphatic hydroxyl groups excluding tert-OH is 1. The molecule has 0 aliphatic carbocycles. The van der Waals surface area contributed by atoms with E-state index in [1.54, 1.807) is 0 Å². The molecule has 0 amide bonds. The Labute approximate surface area is 60.4 Å². The number of ketones is 1. The molecule has 1 heterocycles. The van der Waals surface area contributed by atoms with Crippen LogP contribution in [0.5, 0.6) is 0 Å². The first-order chi connectivity index (χ1) is 4.63. The van der Waals surface area contributed by atoms with Crippen molar-refractivity contribution in [2.45, 2.75) is 12.4 Å². The fraction of sp³-hybridized carbons (Fsp3) is 0.500. The number of carbonyl (C=O) groups is 2. The first-order valence-corrected chi connectivity index (χ1v) is 2.74. The van der Waals surface area contributed by atoms with Gasteiger partial charge in [-0.3, -0.25) is 9.59 Å². The molecule has 0 bridgehead atoms. The molecule has 1 rings (SSSR count). The summed E-state index contributed by atoms with van der Waals surface area (Å²) < 4.78 is 0. The Morgan fingerprint density at radius 1 is 1.50 bits per heavy atom. The Bertz CT molecular complexity index is 174. The lowest BCUT2D eigenvalue weighted by Crippen LogP contribution is -2.30. The Morgan fingerprint density at radius 2 is 2.00 bits per heavy atom. The highest BCUT2D eigenvalue weighted by Crippen LogP contribution is 2.15. The molecule has 1 unspecified atom stereocenters. The van der Waals surface area contributed by atoms with Crippen LogP contribution in [0.2, 0.25) is 0 Å². The third kappa shape index (κ3) is 1.51. The lowest BCUT2D eigenvalue weighted by atomic mass is 10.2. The van der Waals surface area contributed by atoms with Gasteiger partial charge >= 0.3 is 0 Å². The first-order valence-electron chi connectivity index (χ1n) is 2.36. The molecule has 1 saturated heterocycles. The van der Waals surface area contributed by atoms with E-state index in [1.807, 2.05) is 0 Å². The Morgan fingerprint density at radius 3 is 2.30 bits per heavy atom. The summed E-state index contributed by atoms with van der Waals surface area (Å²) in [5, 5.41) is 7.48. The summed E-state index contributed by atoms with van der Waals surface area (Å²) in [6.45, 7) is 0. The van der Waals surface area contributed by atoms with Crippen LogP contribution >= 0.6 is 11.6 Å². The molecule has 1 N–H and O–H groups in total. The van der Waals surface area contributed by atoms with Gasteiger partial charge in [-0.2, -0.15) is 9.78 Å². The molecule has 5 nitrogen and oxygen atoms in total. The minimum Gasteiger partial charge on any atom is -0.376 e. The van der Waals surface area contributed by atoms with Crippen molar-refractivity contribution in [1.29, 1.82) is 0 Å². The summed E-state index contributed by atoms with van der Waals surface area (Å²) in [5.74, 6) is -0.875. The Hall–Kier alpha value is -0.490. The van der Waals surface area contributed by atoms with Gasteiger partial charge in [0.2, 0.25) is 5.78 Å². The van der Waals surface area contributed by atoms with E-state index in [1.165, 1.54) is 0 Å². The predicted molar refractivity (Wildman–Crippen MR) is 27.8 cm³/mol. The van der Waals surface area contributed by atoms with Gasteiger partial charge in [0, 0.05) is 0 Å². The van der Waals surface area contributed by atoms with Crippen LogP contribution in [0.1, 0.15) is 0 Å². The standard InChI is InChI=1S/C4H3ClO5/c5-3(8)1(6)2(7)4-9-10-4/h1,4,6H. The highest BCUT2D eigenvalue weighted by Gasteiger charge is 2.41. The first kappa shape index (κ1) is 7.62. The quantitative estimate of drug-likeness (QED) is 0.251. The molecule has 1 fully saturated rings. The van der Waals surface area contributed by atoms with Crippen LogP contribution in [0.25, 0.3) is 0 Å². The second kappa shape index (κ2) is 2.63. The normalized spacial score (nSPS) is 20.2. The van der Waals surface area contributed by atoms with Crippen molar-refractivity contribution in [2.75, 3.05) is 0 Å². The zero-order valence-corrected chi connectivity index (χ0v) is 5.37. The van der Waals surface area contributed by atoms with Crippen molar-refractivity contribution >= 4 is 22.6 Å². The second-order valence-electron chi connectivity index (χ2n) is 1.63. The van der Waals surface area contributed by atoms with E-state index in [2.05, 4.69) is 9.78 Å². The molecule has 0 saturated carbocycles. The van der Waals surface area contributed by atoms with Crippen LogP contribution in [0.15, 0.2) is 0 Å². The van der Waals surface area contributed by atoms with Gasteiger partial charge < -0.3 is 5.11 Å². The van der Waals surface area contributed by atoms with Crippen LogP contribution < -0.4 is 0 Å². The molecule has 0 aromatic carbocycles. The molecule has 0 aromatic rings. The van der Waals surface area contributed by atoms with Crippen LogP contribution in [-0.2, 0) is 19.4 Å². The monoisotopic (exact) mass is 166 g/mol. The Kier molecular flexibility index (Phi) is 2.00. The van der Waals surface area contributed by atoms with E-state index in [-0.39, 0.29) is 0 Å². The molecule has 0 spiro atoms. The third-order valence-electron chi connectivity index (χ3n) is 0.909. The molecule has 10 heavy (non-hydrogen) atoms. The maximum absolute atomic E-state index is 10.5. The maximum Gasteiger partial charge on any atom is 0.285 e. The van der Waals surface area contributed by atoms with Crippen molar-refractivity contribution in [1.82, 2.24) is 0 Å². The molecule has 1 atom stereocenters. The van der Waals surface area contributed by atoms with Crippen LogP contribution in [0.3, 0.4) is 0 Å². The van der Waals surface area contributed by atoms with E-state index in [4.69, 9.17) is 16.7 Å². The predicted octanol–water partition coefficient (Wildman–Crippen LogP) is -1.03. The summed E-state index contributed by atoms with van der Waals surface area (Å²) in [5.41, 5.74) is 0. The van der Waals surface area contributed by atoms with Gasteiger partial charge in [-0.1, -0.05) is 0 Å². The molecule has 56 valence electrons. The number of rotatable bonds is 3. The van der Waals surface area contributed by atoms with Crippen LogP contribution in [0.4, 0.5) is 0 Å². The minimum absolute atomic E-state index is 0.875. The van der Waals surface area contributed by atoms with E-state index in [0.717, 1.165) is 0 Å². The molecule has 6 heteroatoms. The fourth-order valence-corrected chi connectivity index (χ4v) is 0.471. The number of hydrogen-bond acceptors (Lipinski definition) is 5. The van der Waals surface area contributed by atoms with E-state index < -0.39 is 23.4 Å². The van der Waals surface area contributed by atoms with Gasteiger partial charge in [0.25, 0.3) is 11.5 Å². The number of hydrogen-bond donors (Lipinski definition) is 1. The molecular weight excluding hydrogens is 163 g/mol. The van der Waals surface area contributed by atoms with Crippen molar-refractivity contribution in [3.63, 3.8) is 0 Å². The average molecular weight is 167 g/mol. The summed E-state index contributed by atoms with van der Waals surface area (Å²) in [7, 11) is 0. The SMILES string of the molecule is O=C(Cl)C(O)C(=O)C1OO1. The van der Waals surface area contributed by atoms with Gasteiger partial charge in [-0.25, -0.2) is 0 Å². The molecule has 0 radical (unpaired) electrons. The summed E-state index contributed by atoms with van der Waals surface area (Å²) in [6, 6.07) is 0. The van der Waals surface area contributed by atoms with Crippen LogP contribution in [-0.4, -0.2) is 28.5 Å². The highest BCUT2D eigenvalue weighted by atomic mass is 35.5. The van der Waals surface area contributed by atoms with Gasteiger partial charge in [-0.15, -0.1) is 0 Å². The summed E-state index contributed by atoms with van der Waals surface area (Å²) in [6.07, 6.45) is -2.95. The van der Waals surface area contributed by atoms with Gasteiger partial charge in [0.15, 0.2) is 6.10 Å². The number of carbonyl (C=O) groups excluding carboxylic acids is 2. The van der Waals surface area contributed by atoms with E-state index in [9.17, 15) is 9.59 Å². The highest BCUT2D eigenvalue weighted by molar-refractivity contribution is 6.66. The third-order valence-corrected chi connectivity index (χ3v) is 1.12. The maximum atomic E-state index is 10.5. The topological polar surface area (TPSA) is 79.4 Å². The molecule has 1 aliphatic rings. The lowest BCUT2D eigenvalue weighted by Gasteiger charge is -1.96. The van der Waals surface area contributed by atoms with Gasteiger partial charge in [0.05, 0.1) is 0 Å². The second-order valence-corrected chi connectivity index (χ2v) is 2.01. The average Bonchev–Trinajstić information content (AvgIpc) is 2.65. The minimum atomic E-state index is -1.84. The van der Waals surface area contributed by atoms with Crippen molar-refractivity contribution in [3.05, 3.63) is 0 Å². The summed E-state index contributed by atoms with van der Waals surface area (Å²) >= 11 is 4.77. The zero-order chi connectivity index (χ0) is 7.72. The van der Waals surface area contributed by atoms with Gasteiger partial charge in [-0.05, 0) is 11.6 Å². The molecular formula is C4H3ClO5. The molecule has 0 aromatic heterocycles. The van der Waals surface area contributed by atoms with Crippen molar-refractivity contribution < 1.29 is 24.5 Å². The largest absolute Gasteiger partial charge is 0.376 e. The summed E-state index contributed by atoms with van der Waals surface area (Å²) in [4.78, 5) is 28.7. The lowest BCUT2D eigenvalue weighted by molar-refractivity contribution is -0.135. The number of aliphatic hydroxyl groups is 1. The van der Waals surface area contributed by atoms with Crippen molar-refractivity contribution in [3.8, 4) is 0 Å². The van der Waals surface area contributed by atoms with Gasteiger partial charge in [0.1, 0.15) is 0 Å². The zero-order valence-electron chi connectivity index (χ0n) is 4.61. The number of halogens is 1. The van der Waals surface area contributed by atoms with E-state index >= 15 is 0 Å². The van der Waals surface area contributed by atoms with E-state index in [0.29, 0.717) is 0 Å². The van der Waals surface area contributed by atoms with Crippen LogP contribution in [0, 0.1) is 0 Å². The Balaban J connectivity index is 2.46.